The molecule has 0 spiro atoms. The SMILES string of the molecule is Cc1cc(C)cc(N(CCCC(=O)N(Cc2ccccc2F)[C@H](C)C(=O)NC2CCCCC2)S(C)(=O)=O)c1. The second-order valence-corrected chi connectivity index (χ2v) is 12.3. The number of nitrogens with zero attached hydrogens (tertiary/aromatic N) is 2. The minimum atomic E-state index is -3.58. The highest BCUT2D eigenvalue weighted by Crippen LogP contribution is 2.23. The van der Waals surface area contributed by atoms with Gasteiger partial charge in [-0.3, -0.25) is 13.9 Å². The second-order valence-electron chi connectivity index (χ2n) is 10.4. The largest absolute Gasteiger partial charge is 0.352 e. The number of sulfonamides is 1. The first-order valence-electron chi connectivity index (χ1n) is 13.3. The smallest absolute Gasteiger partial charge is 0.242 e. The number of carbonyl (C=O) groups is 2. The van der Waals surface area contributed by atoms with Gasteiger partial charge >= 0.3 is 0 Å². The number of aryl methyl sites for hydroxylation is 2. The summed E-state index contributed by atoms with van der Waals surface area (Å²) >= 11 is 0. The van der Waals surface area contributed by atoms with Crippen molar-refractivity contribution in [1.29, 1.82) is 0 Å². The van der Waals surface area contributed by atoms with Crippen molar-refractivity contribution < 1.29 is 22.4 Å². The van der Waals surface area contributed by atoms with Crippen molar-refractivity contribution in [3.63, 3.8) is 0 Å². The molecule has 1 N–H and O–H groups in total. The molecule has 0 bridgehead atoms. The van der Waals surface area contributed by atoms with Crippen LogP contribution in [0.4, 0.5) is 10.1 Å². The van der Waals surface area contributed by atoms with Gasteiger partial charge in [-0.25, -0.2) is 12.8 Å². The molecule has 208 valence electrons. The van der Waals surface area contributed by atoms with E-state index in [0.29, 0.717) is 11.3 Å². The maximum absolute atomic E-state index is 14.5. The first kappa shape index (κ1) is 29.6. The topological polar surface area (TPSA) is 86.8 Å². The number of hydrogen-bond donors (Lipinski definition) is 1. The lowest BCUT2D eigenvalue weighted by molar-refractivity contribution is -0.141. The zero-order valence-corrected chi connectivity index (χ0v) is 23.7. The van der Waals surface area contributed by atoms with Gasteiger partial charge in [0.1, 0.15) is 11.9 Å². The van der Waals surface area contributed by atoms with Crippen LogP contribution in [-0.2, 0) is 26.2 Å². The lowest BCUT2D eigenvalue weighted by Gasteiger charge is -2.31. The number of benzene rings is 2. The molecule has 0 aliphatic heterocycles. The normalized spacial score (nSPS) is 15.1. The van der Waals surface area contributed by atoms with Crippen LogP contribution in [0.5, 0.6) is 0 Å². The van der Waals surface area contributed by atoms with Crippen molar-refractivity contribution in [3.05, 3.63) is 65.0 Å². The summed E-state index contributed by atoms with van der Waals surface area (Å²) < 4.78 is 40.9. The molecule has 2 aromatic rings. The molecular weight excluding hydrogens is 505 g/mol. The van der Waals surface area contributed by atoms with E-state index in [2.05, 4.69) is 5.32 Å². The Labute approximate surface area is 226 Å². The molecule has 1 fully saturated rings. The lowest BCUT2D eigenvalue weighted by atomic mass is 9.95. The molecule has 38 heavy (non-hydrogen) atoms. The average molecular weight is 546 g/mol. The number of anilines is 1. The molecule has 0 heterocycles. The first-order valence-corrected chi connectivity index (χ1v) is 15.2. The first-order chi connectivity index (χ1) is 18.0. The van der Waals surface area contributed by atoms with E-state index in [1.807, 2.05) is 19.9 Å². The molecule has 7 nitrogen and oxygen atoms in total. The Morgan fingerprint density at radius 3 is 2.29 bits per heavy atom. The molecule has 1 atom stereocenters. The fourth-order valence-corrected chi connectivity index (χ4v) is 6.01. The highest BCUT2D eigenvalue weighted by Gasteiger charge is 2.29. The van der Waals surface area contributed by atoms with Crippen LogP contribution in [0, 0.1) is 19.7 Å². The summed E-state index contributed by atoms with van der Waals surface area (Å²) in [4.78, 5) is 27.9. The van der Waals surface area contributed by atoms with E-state index in [9.17, 15) is 22.4 Å². The van der Waals surface area contributed by atoms with Gasteiger partial charge < -0.3 is 10.2 Å². The van der Waals surface area contributed by atoms with Crippen LogP contribution in [0.3, 0.4) is 0 Å². The van der Waals surface area contributed by atoms with Crippen LogP contribution in [0.25, 0.3) is 0 Å². The third kappa shape index (κ3) is 8.28. The van der Waals surface area contributed by atoms with Crippen LogP contribution in [0.1, 0.15) is 68.6 Å². The highest BCUT2D eigenvalue weighted by atomic mass is 32.2. The minimum Gasteiger partial charge on any atom is -0.352 e. The predicted molar refractivity (Wildman–Crippen MR) is 149 cm³/mol. The van der Waals surface area contributed by atoms with Crippen molar-refractivity contribution in [2.75, 3.05) is 17.1 Å². The standard InChI is InChI=1S/C29H40FN3O4S/c1-21-17-22(2)19-26(18-21)33(38(4,36)37)16-10-15-28(34)32(20-24-11-8-9-14-27(24)30)23(3)29(35)31-25-12-6-5-7-13-25/h8-9,11,14,17-19,23,25H,5-7,10,12-13,15-16,20H2,1-4H3,(H,31,35)/t23-/m1/s1. The summed E-state index contributed by atoms with van der Waals surface area (Å²) in [7, 11) is -3.58. The van der Waals surface area contributed by atoms with E-state index in [0.717, 1.165) is 49.5 Å². The van der Waals surface area contributed by atoms with E-state index >= 15 is 0 Å². The summed E-state index contributed by atoms with van der Waals surface area (Å²) in [6, 6.07) is 11.1. The molecule has 3 rings (SSSR count). The van der Waals surface area contributed by atoms with E-state index < -0.39 is 21.9 Å². The van der Waals surface area contributed by atoms with Gasteiger partial charge in [0.15, 0.2) is 0 Å². The van der Waals surface area contributed by atoms with Crippen LogP contribution in [0.2, 0.25) is 0 Å². The summed E-state index contributed by atoms with van der Waals surface area (Å²) in [5.74, 6) is -1.02. The number of rotatable bonds is 11. The van der Waals surface area contributed by atoms with Crippen LogP contribution in [-0.4, -0.2) is 50.0 Å². The number of carbonyl (C=O) groups excluding carboxylic acids is 2. The molecule has 2 aromatic carbocycles. The fraction of sp³-hybridized carbons (Fsp3) is 0.517. The zero-order chi connectivity index (χ0) is 27.9. The van der Waals surface area contributed by atoms with Crippen molar-refractivity contribution in [2.45, 2.75) is 84.3 Å². The molecule has 0 aromatic heterocycles. The van der Waals surface area contributed by atoms with Crippen molar-refractivity contribution in [3.8, 4) is 0 Å². The van der Waals surface area contributed by atoms with Gasteiger partial charge in [0.05, 0.1) is 11.9 Å². The average Bonchev–Trinajstić information content (AvgIpc) is 2.84. The molecule has 1 aliphatic carbocycles. The Balaban J connectivity index is 1.74. The third-order valence-electron chi connectivity index (χ3n) is 7.06. The molecule has 0 saturated heterocycles. The molecule has 0 radical (unpaired) electrons. The van der Waals surface area contributed by atoms with E-state index in [1.165, 1.54) is 15.3 Å². The van der Waals surface area contributed by atoms with Crippen LogP contribution in [0.15, 0.2) is 42.5 Å². The number of nitrogens with one attached hydrogen (secondary N) is 1. The summed E-state index contributed by atoms with van der Waals surface area (Å²) in [6.45, 7) is 5.54. The second kappa shape index (κ2) is 13.2. The number of amides is 2. The van der Waals surface area contributed by atoms with Crippen molar-refractivity contribution >= 4 is 27.5 Å². The monoisotopic (exact) mass is 545 g/mol. The van der Waals surface area contributed by atoms with Gasteiger partial charge in [0.25, 0.3) is 0 Å². The molecule has 2 amide bonds. The van der Waals surface area contributed by atoms with E-state index in [1.54, 1.807) is 37.3 Å². The maximum Gasteiger partial charge on any atom is 0.242 e. The Kier molecular flexibility index (Phi) is 10.3. The number of hydrogen-bond acceptors (Lipinski definition) is 4. The third-order valence-corrected chi connectivity index (χ3v) is 8.26. The predicted octanol–water partition coefficient (Wildman–Crippen LogP) is 4.85. The van der Waals surface area contributed by atoms with Gasteiger partial charge in [-0.15, -0.1) is 0 Å². The molecule has 0 unspecified atom stereocenters. The van der Waals surface area contributed by atoms with Crippen LogP contribution >= 0.6 is 0 Å². The van der Waals surface area contributed by atoms with Gasteiger partial charge in [-0.05, 0) is 69.4 Å². The van der Waals surface area contributed by atoms with Gasteiger partial charge in [0, 0.05) is 31.1 Å². The van der Waals surface area contributed by atoms with E-state index in [-0.39, 0.29) is 43.8 Å². The molecule has 1 saturated carbocycles. The van der Waals surface area contributed by atoms with Gasteiger partial charge in [-0.1, -0.05) is 43.5 Å². The van der Waals surface area contributed by atoms with Gasteiger partial charge in [0.2, 0.25) is 21.8 Å². The fourth-order valence-electron chi connectivity index (χ4n) is 5.06. The minimum absolute atomic E-state index is 0.0202. The molecule has 1 aliphatic rings. The summed E-state index contributed by atoms with van der Waals surface area (Å²) in [6.07, 6.45) is 6.54. The Morgan fingerprint density at radius 2 is 1.68 bits per heavy atom. The zero-order valence-electron chi connectivity index (χ0n) is 22.9. The summed E-state index contributed by atoms with van der Waals surface area (Å²) in [5, 5.41) is 3.07. The highest BCUT2D eigenvalue weighted by molar-refractivity contribution is 7.92. The Bertz CT molecular complexity index is 1210. The van der Waals surface area contributed by atoms with E-state index in [4.69, 9.17) is 0 Å². The maximum atomic E-state index is 14.5. The molecule has 9 heteroatoms. The van der Waals surface area contributed by atoms with Crippen molar-refractivity contribution in [2.24, 2.45) is 0 Å². The lowest BCUT2D eigenvalue weighted by Crippen LogP contribution is -2.50. The van der Waals surface area contributed by atoms with Crippen LogP contribution < -0.4 is 9.62 Å². The number of halogens is 1. The Hall–Kier alpha value is -2.94. The quantitative estimate of drug-likeness (QED) is 0.437. The molecular formula is C29H40FN3O4S. The van der Waals surface area contributed by atoms with Crippen molar-refractivity contribution in [1.82, 2.24) is 10.2 Å². The van der Waals surface area contributed by atoms with Gasteiger partial charge in [-0.2, -0.15) is 0 Å². The Morgan fingerprint density at radius 1 is 1.05 bits per heavy atom. The summed E-state index contributed by atoms with van der Waals surface area (Å²) in [5.41, 5.74) is 2.77.